The van der Waals surface area contributed by atoms with E-state index in [0.29, 0.717) is 18.0 Å². The number of carbonyl (C=O) groups excluding carboxylic acids is 1. The largest absolute Gasteiger partial charge is 0.393 e. The average molecular weight is 201 g/mol. The van der Waals surface area contributed by atoms with Gasteiger partial charge in [-0.25, -0.2) is 0 Å². The lowest BCUT2D eigenvalue weighted by Gasteiger charge is -2.31. The maximum Gasteiger partial charge on any atom is 0.234 e. The Bertz CT molecular complexity index is 219. The smallest absolute Gasteiger partial charge is 0.234 e. The lowest BCUT2D eigenvalue weighted by atomic mass is 10.2. The Labute approximate surface area is 83.5 Å². The Hall–Kier alpha value is -0.680. The van der Waals surface area contributed by atoms with Gasteiger partial charge in [-0.2, -0.15) is 0 Å². The zero-order chi connectivity index (χ0) is 9.84. The summed E-state index contributed by atoms with van der Waals surface area (Å²) in [5.41, 5.74) is 5.44. The molecule has 1 aliphatic rings. The molecule has 0 bridgehead atoms. The van der Waals surface area contributed by atoms with E-state index in [1.807, 2.05) is 6.92 Å². The van der Waals surface area contributed by atoms with E-state index in [9.17, 15) is 4.79 Å². The van der Waals surface area contributed by atoms with Crippen molar-refractivity contribution in [1.82, 2.24) is 10.2 Å². The Morgan fingerprint density at radius 1 is 1.85 bits per heavy atom. The Morgan fingerprint density at radius 3 is 3.08 bits per heavy atom. The van der Waals surface area contributed by atoms with Gasteiger partial charge in [0.2, 0.25) is 5.91 Å². The number of amides is 1. The summed E-state index contributed by atoms with van der Waals surface area (Å²) in [7, 11) is 0. The molecule has 0 spiro atoms. The van der Waals surface area contributed by atoms with E-state index in [-0.39, 0.29) is 11.9 Å². The van der Waals surface area contributed by atoms with Gasteiger partial charge in [-0.3, -0.25) is 9.69 Å². The second-order valence-electron chi connectivity index (χ2n) is 3.34. The van der Waals surface area contributed by atoms with E-state index < -0.39 is 0 Å². The predicted molar refractivity (Wildman–Crippen MR) is 55.4 cm³/mol. The average Bonchev–Trinajstić information content (AvgIpc) is 2.03. The fourth-order valence-electron chi connectivity index (χ4n) is 1.45. The van der Waals surface area contributed by atoms with E-state index >= 15 is 0 Å². The molecule has 4 nitrogen and oxygen atoms in total. The van der Waals surface area contributed by atoms with Gasteiger partial charge in [-0.1, -0.05) is 12.2 Å². The number of thiocarbonyl (C=S) groups is 1. The van der Waals surface area contributed by atoms with Gasteiger partial charge in [0, 0.05) is 25.6 Å². The van der Waals surface area contributed by atoms with E-state index in [2.05, 4.69) is 10.2 Å². The van der Waals surface area contributed by atoms with Crippen LogP contribution in [0.25, 0.3) is 0 Å². The third-order valence-electron chi connectivity index (χ3n) is 2.19. The molecule has 1 aliphatic heterocycles. The van der Waals surface area contributed by atoms with Crippen LogP contribution in [-0.4, -0.2) is 41.5 Å². The molecule has 0 aliphatic carbocycles. The summed E-state index contributed by atoms with van der Waals surface area (Å²) in [5, 5.41) is 2.78. The van der Waals surface area contributed by atoms with Crippen LogP contribution in [0.4, 0.5) is 0 Å². The normalized spacial score (nSPS) is 20.8. The highest BCUT2D eigenvalue weighted by molar-refractivity contribution is 7.80. The number of hydrogen-bond acceptors (Lipinski definition) is 3. The second-order valence-corrected chi connectivity index (χ2v) is 3.86. The summed E-state index contributed by atoms with van der Waals surface area (Å²) >= 11 is 4.82. The van der Waals surface area contributed by atoms with E-state index in [1.165, 1.54) is 0 Å². The maximum atomic E-state index is 11.0. The first-order valence-electron chi connectivity index (χ1n) is 4.38. The summed E-state index contributed by atoms with van der Waals surface area (Å²) < 4.78 is 0. The highest BCUT2D eigenvalue weighted by Gasteiger charge is 2.20. The Kier molecular flexibility index (Phi) is 3.62. The van der Waals surface area contributed by atoms with Crippen molar-refractivity contribution in [3.63, 3.8) is 0 Å². The first-order valence-corrected chi connectivity index (χ1v) is 4.79. The van der Waals surface area contributed by atoms with Crippen molar-refractivity contribution in [3.05, 3.63) is 0 Å². The minimum absolute atomic E-state index is 0.0843. The molecule has 1 atom stereocenters. The van der Waals surface area contributed by atoms with E-state index in [4.69, 9.17) is 18.0 Å². The predicted octanol–water partition coefficient (Wildman–Crippen LogP) is -0.517. The van der Waals surface area contributed by atoms with Gasteiger partial charge >= 0.3 is 0 Å². The third kappa shape index (κ3) is 3.28. The first-order chi connectivity index (χ1) is 6.09. The van der Waals surface area contributed by atoms with Crippen LogP contribution in [0, 0.1) is 0 Å². The first kappa shape index (κ1) is 10.4. The van der Waals surface area contributed by atoms with Gasteiger partial charge in [-0.15, -0.1) is 0 Å². The van der Waals surface area contributed by atoms with Crippen LogP contribution in [0.15, 0.2) is 0 Å². The van der Waals surface area contributed by atoms with Gasteiger partial charge in [-0.05, 0) is 6.92 Å². The fourth-order valence-corrected chi connectivity index (χ4v) is 1.70. The quantitative estimate of drug-likeness (QED) is 0.603. The molecule has 3 N–H and O–H groups in total. The van der Waals surface area contributed by atoms with E-state index in [1.54, 1.807) is 0 Å². The van der Waals surface area contributed by atoms with Crippen LogP contribution < -0.4 is 11.1 Å². The van der Waals surface area contributed by atoms with Crippen LogP contribution in [0.2, 0.25) is 0 Å². The van der Waals surface area contributed by atoms with Crippen molar-refractivity contribution >= 4 is 23.1 Å². The molecule has 0 aromatic rings. The lowest BCUT2D eigenvalue weighted by Crippen LogP contribution is -2.51. The highest BCUT2D eigenvalue weighted by Crippen LogP contribution is 2.05. The summed E-state index contributed by atoms with van der Waals surface area (Å²) in [5.74, 6) is 0.0843. The highest BCUT2D eigenvalue weighted by atomic mass is 32.1. The molecule has 0 aromatic heterocycles. The molecule has 1 heterocycles. The van der Waals surface area contributed by atoms with Crippen molar-refractivity contribution in [2.75, 3.05) is 19.6 Å². The molecule has 1 amide bonds. The molecule has 1 rings (SSSR count). The van der Waals surface area contributed by atoms with Crippen LogP contribution in [0.1, 0.15) is 13.3 Å². The minimum atomic E-state index is 0.0843. The molecule has 1 unspecified atom stereocenters. The Morgan fingerprint density at radius 2 is 2.54 bits per heavy atom. The summed E-state index contributed by atoms with van der Waals surface area (Å²) in [4.78, 5) is 13.7. The van der Waals surface area contributed by atoms with Gasteiger partial charge < -0.3 is 11.1 Å². The molecule has 1 saturated heterocycles. The lowest BCUT2D eigenvalue weighted by molar-refractivity contribution is -0.124. The number of rotatable bonds is 3. The van der Waals surface area contributed by atoms with Crippen LogP contribution in [0.3, 0.4) is 0 Å². The molecule has 5 heteroatoms. The molecular formula is C8H15N3OS. The summed E-state index contributed by atoms with van der Waals surface area (Å²) in [6.07, 6.45) is 0.683. The van der Waals surface area contributed by atoms with Crippen molar-refractivity contribution in [1.29, 1.82) is 0 Å². The molecule has 0 saturated carbocycles. The molecule has 13 heavy (non-hydrogen) atoms. The second kappa shape index (κ2) is 4.53. The van der Waals surface area contributed by atoms with Gasteiger partial charge in [0.15, 0.2) is 0 Å². The van der Waals surface area contributed by atoms with Crippen molar-refractivity contribution in [2.24, 2.45) is 5.73 Å². The fraction of sp³-hybridized carbons (Fsp3) is 0.750. The monoisotopic (exact) mass is 201 g/mol. The van der Waals surface area contributed by atoms with Gasteiger partial charge in [0.1, 0.15) is 0 Å². The number of nitrogens with two attached hydrogens (primary N) is 1. The van der Waals surface area contributed by atoms with E-state index in [0.717, 1.165) is 13.1 Å². The van der Waals surface area contributed by atoms with Gasteiger partial charge in [0.05, 0.1) is 11.5 Å². The minimum Gasteiger partial charge on any atom is -0.393 e. The standard InChI is InChI=1S/C8H15N3OS/c1-6(4-7(9)13)11-3-2-10-8(12)5-11/h6H,2-5H2,1H3,(H2,9,13)(H,10,12). The maximum absolute atomic E-state index is 11.0. The zero-order valence-corrected chi connectivity index (χ0v) is 8.56. The number of piperazine rings is 1. The van der Waals surface area contributed by atoms with Crippen molar-refractivity contribution < 1.29 is 4.79 Å². The number of carbonyl (C=O) groups is 1. The van der Waals surface area contributed by atoms with Crippen LogP contribution >= 0.6 is 12.2 Å². The number of hydrogen-bond donors (Lipinski definition) is 2. The Balaban J connectivity index is 2.41. The summed E-state index contributed by atoms with van der Waals surface area (Å²) in [6.45, 7) is 4.11. The van der Waals surface area contributed by atoms with Crippen LogP contribution in [-0.2, 0) is 4.79 Å². The third-order valence-corrected chi connectivity index (χ3v) is 2.35. The number of nitrogens with one attached hydrogen (secondary N) is 1. The summed E-state index contributed by atoms with van der Waals surface area (Å²) in [6, 6.07) is 0.267. The molecule has 1 fully saturated rings. The SMILES string of the molecule is CC(CC(N)=S)N1CCNC(=O)C1. The van der Waals surface area contributed by atoms with Gasteiger partial charge in [0.25, 0.3) is 0 Å². The van der Waals surface area contributed by atoms with Crippen molar-refractivity contribution in [2.45, 2.75) is 19.4 Å². The zero-order valence-electron chi connectivity index (χ0n) is 7.75. The topological polar surface area (TPSA) is 58.4 Å². The molecule has 74 valence electrons. The van der Waals surface area contributed by atoms with Crippen LogP contribution in [0.5, 0.6) is 0 Å². The number of nitrogens with zero attached hydrogens (tertiary/aromatic N) is 1. The van der Waals surface area contributed by atoms with Crippen molar-refractivity contribution in [3.8, 4) is 0 Å². The molecule has 0 radical (unpaired) electrons. The molecule has 0 aromatic carbocycles. The molecular weight excluding hydrogens is 186 g/mol.